The molecular weight excluding hydrogens is 236 g/mol. The van der Waals surface area contributed by atoms with Crippen LogP contribution in [0.1, 0.15) is 25.7 Å². The molecule has 0 spiro atoms. The molecule has 0 atom stereocenters. The van der Waals surface area contributed by atoms with Gasteiger partial charge in [-0.3, -0.25) is 9.36 Å². The third-order valence-corrected chi connectivity index (χ3v) is 3.39. The topological polar surface area (TPSA) is 92.1 Å². The van der Waals surface area contributed by atoms with Crippen LogP contribution in [0, 0.1) is 0 Å². The minimum Gasteiger partial charge on any atom is -0.471 e. The maximum Gasteiger partial charge on any atom is 0.347 e. The van der Waals surface area contributed by atoms with Crippen LogP contribution in [-0.2, 0) is 14.1 Å². The van der Waals surface area contributed by atoms with Crippen molar-refractivity contribution in [1.29, 1.82) is 0 Å². The maximum atomic E-state index is 11.8. The van der Waals surface area contributed by atoms with Gasteiger partial charge in [0.1, 0.15) is 6.61 Å². The summed E-state index contributed by atoms with van der Waals surface area (Å²) in [6.45, 7) is 0.257. The molecule has 7 nitrogen and oxygen atoms in total. The van der Waals surface area contributed by atoms with Gasteiger partial charge >= 0.3 is 11.2 Å². The number of aromatic nitrogens is 3. The highest BCUT2D eigenvalue weighted by Crippen LogP contribution is 2.27. The first-order valence-electron chi connectivity index (χ1n) is 5.99. The molecular formula is C11H18N4O3. The second-order valence-corrected chi connectivity index (χ2v) is 4.93. The van der Waals surface area contributed by atoms with E-state index in [9.17, 15) is 9.59 Å². The first kappa shape index (κ1) is 12.8. The molecule has 0 aromatic carbocycles. The van der Waals surface area contributed by atoms with E-state index in [1.807, 2.05) is 0 Å². The zero-order valence-corrected chi connectivity index (χ0v) is 10.7. The van der Waals surface area contributed by atoms with Gasteiger partial charge in [0.2, 0.25) is 0 Å². The number of nitrogens with two attached hydrogens (primary N) is 1. The molecule has 1 heterocycles. The van der Waals surface area contributed by atoms with Crippen LogP contribution < -0.4 is 21.7 Å². The second kappa shape index (κ2) is 4.56. The Balaban J connectivity index is 2.20. The Bertz CT molecular complexity index is 554. The van der Waals surface area contributed by atoms with Gasteiger partial charge in [0.25, 0.3) is 5.88 Å². The Hall–Kier alpha value is -1.63. The van der Waals surface area contributed by atoms with Gasteiger partial charge in [-0.15, -0.1) is 5.10 Å². The summed E-state index contributed by atoms with van der Waals surface area (Å²) >= 11 is 0. The van der Waals surface area contributed by atoms with Gasteiger partial charge in [-0.05, 0) is 12.8 Å². The number of hydrogen-bond acceptors (Lipinski definition) is 5. The lowest BCUT2D eigenvalue weighted by Gasteiger charge is -2.22. The van der Waals surface area contributed by atoms with Gasteiger partial charge in [-0.25, -0.2) is 9.48 Å². The minimum absolute atomic E-state index is 0.0728. The molecule has 0 unspecified atom stereocenters. The lowest BCUT2D eigenvalue weighted by Crippen LogP contribution is -2.45. The summed E-state index contributed by atoms with van der Waals surface area (Å²) < 4.78 is 7.46. The summed E-state index contributed by atoms with van der Waals surface area (Å²) in [7, 11) is 2.87. The Morgan fingerprint density at radius 1 is 1.33 bits per heavy atom. The molecule has 7 heteroatoms. The molecule has 0 bridgehead atoms. The third-order valence-electron chi connectivity index (χ3n) is 3.39. The average molecular weight is 254 g/mol. The number of hydrogen-bond donors (Lipinski definition) is 1. The van der Waals surface area contributed by atoms with E-state index >= 15 is 0 Å². The van der Waals surface area contributed by atoms with Crippen LogP contribution in [-0.4, -0.2) is 26.5 Å². The zero-order chi connectivity index (χ0) is 13.3. The molecule has 1 aliphatic carbocycles. The lowest BCUT2D eigenvalue weighted by molar-refractivity contribution is 0.204. The Morgan fingerprint density at radius 3 is 2.56 bits per heavy atom. The Labute approximate surface area is 104 Å². The number of aryl methyl sites for hydroxylation is 1. The quantitative estimate of drug-likeness (QED) is 0.757. The van der Waals surface area contributed by atoms with E-state index in [0.717, 1.165) is 34.9 Å². The predicted octanol–water partition coefficient (Wildman–Crippen LogP) is -0.871. The fraction of sp³-hybridized carbons (Fsp3) is 0.727. The first-order valence-corrected chi connectivity index (χ1v) is 5.99. The summed E-state index contributed by atoms with van der Waals surface area (Å²) in [5, 5.41) is 3.82. The van der Waals surface area contributed by atoms with Gasteiger partial charge < -0.3 is 10.5 Å². The normalized spacial score (nSPS) is 17.9. The van der Waals surface area contributed by atoms with Crippen LogP contribution in [0.25, 0.3) is 0 Å². The van der Waals surface area contributed by atoms with E-state index in [-0.39, 0.29) is 18.0 Å². The van der Waals surface area contributed by atoms with Crippen LogP contribution in [0.5, 0.6) is 5.88 Å². The molecule has 0 amide bonds. The monoisotopic (exact) mass is 254 g/mol. The molecule has 1 aromatic rings. The fourth-order valence-corrected chi connectivity index (χ4v) is 2.20. The van der Waals surface area contributed by atoms with E-state index in [2.05, 4.69) is 5.10 Å². The van der Waals surface area contributed by atoms with Crippen molar-refractivity contribution in [1.82, 2.24) is 14.3 Å². The van der Waals surface area contributed by atoms with E-state index in [1.54, 1.807) is 0 Å². The number of rotatable bonds is 3. The highest BCUT2D eigenvalue weighted by molar-refractivity contribution is 5.03. The molecule has 1 aliphatic rings. The predicted molar refractivity (Wildman–Crippen MR) is 65.6 cm³/mol. The first-order chi connectivity index (χ1) is 8.43. The van der Waals surface area contributed by atoms with Crippen LogP contribution in [0.2, 0.25) is 0 Å². The minimum atomic E-state index is -0.528. The fourth-order valence-electron chi connectivity index (χ4n) is 2.20. The van der Waals surface area contributed by atoms with E-state index in [1.165, 1.54) is 14.1 Å². The smallest absolute Gasteiger partial charge is 0.347 e. The number of ether oxygens (including phenoxy) is 1. The van der Waals surface area contributed by atoms with Crippen LogP contribution in [0.4, 0.5) is 0 Å². The van der Waals surface area contributed by atoms with E-state index < -0.39 is 11.2 Å². The zero-order valence-electron chi connectivity index (χ0n) is 10.7. The standard InChI is InChI=1S/C11H18N4O3/c1-14-9(16)8(13-15(2)10(14)17)18-7-11(12)5-3-4-6-11/h3-7,12H2,1-2H3. The van der Waals surface area contributed by atoms with Gasteiger partial charge in [0.05, 0.1) is 5.54 Å². The third kappa shape index (κ3) is 2.31. The highest BCUT2D eigenvalue weighted by Gasteiger charge is 2.30. The molecule has 18 heavy (non-hydrogen) atoms. The SMILES string of the molecule is Cn1nc(OCC2(N)CCCC2)c(=O)n(C)c1=O. The van der Waals surface area contributed by atoms with Crippen molar-refractivity contribution < 1.29 is 4.74 Å². The Kier molecular flexibility index (Phi) is 3.25. The molecule has 2 N–H and O–H groups in total. The Morgan fingerprint density at radius 2 is 1.94 bits per heavy atom. The molecule has 1 fully saturated rings. The summed E-state index contributed by atoms with van der Waals surface area (Å²) in [4.78, 5) is 23.2. The van der Waals surface area contributed by atoms with Crippen LogP contribution >= 0.6 is 0 Å². The van der Waals surface area contributed by atoms with Crippen LogP contribution in [0.3, 0.4) is 0 Å². The molecule has 0 saturated heterocycles. The molecule has 2 rings (SSSR count). The summed E-state index contributed by atoms with van der Waals surface area (Å²) in [6, 6.07) is 0. The molecule has 0 radical (unpaired) electrons. The van der Waals surface area contributed by atoms with Crippen molar-refractivity contribution >= 4 is 0 Å². The van der Waals surface area contributed by atoms with Gasteiger partial charge in [-0.2, -0.15) is 0 Å². The van der Waals surface area contributed by atoms with E-state index in [0.29, 0.717) is 0 Å². The summed E-state index contributed by atoms with van der Waals surface area (Å²) in [6.07, 6.45) is 3.94. The summed E-state index contributed by atoms with van der Waals surface area (Å²) in [5.41, 5.74) is 4.75. The van der Waals surface area contributed by atoms with Crippen molar-refractivity contribution in [2.75, 3.05) is 6.61 Å². The van der Waals surface area contributed by atoms with Gasteiger partial charge in [0.15, 0.2) is 0 Å². The molecule has 100 valence electrons. The number of nitrogens with zero attached hydrogens (tertiary/aromatic N) is 3. The second-order valence-electron chi connectivity index (χ2n) is 4.93. The summed E-state index contributed by atoms with van der Waals surface area (Å²) in [5.74, 6) is -0.0728. The van der Waals surface area contributed by atoms with Gasteiger partial charge in [0, 0.05) is 14.1 Å². The highest BCUT2D eigenvalue weighted by atomic mass is 16.5. The van der Waals surface area contributed by atoms with Crippen molar-refractivity contribution in [2.24, 2.45) is 19.8 Å². The molecule has 1 saturated carbocycles. The van der Waals surface area contributed by atoms with Crippen molar-refractivity contribution in [3.8, 4) is 5.88 Å². The molecule has 1 aromatic heterocycles. The van der Waals surface area contributed by atoms with Gasteiger partial charge in [-0.1, -0.05) is 12.8 Å². The van der Waals surface area contributed by atoms with Crippen LogP contribution in [0.15, 0.2) is 9.59 Å². The van der Waals surface area contributed by atoms with Crippen molar-refractivity contribution in [2.45, 2.75) is 31.2 Å². The average Bonchev–Trinajstić information content (AvgIpc) is 2.77. The lowest BCUT2D eigenvalue weighted by atomic mass is 10.0. The van der Waals surface area contributed by atoms with Crippen molar-refractivity contribution in [3.63, 3.8) is 0 Å². The van der Waals surface area contributed by atoms with Crippen molar-refractivity contribution in [3.05, 3.63) is 20.8 Å². The molecule has 0 aliphatic heterocycles. The largest absolute Gasteiger partial charge is 0.471 e. The maximum absolute atomic E-state index is 11.8. The van der Waals surface area contributed by atoms with E-state index in [4.69, 9.17) is 10.5 Å².